The first-order chi connectivity index (χ1) is 13.6. The number of benzene rings is 1. The molecule has 8 heteroatoms. The molecular weight excluding hydrogens is 358 g/mol. The molecular formula is C20H29N5O3. The zero-order valence-electron chi connectivity index (χ0n) is 16.2. The van der Waals surface area contributed by atoms with E-state index in [0.717, 1.165) is 44.3 Å². The lowest BCUT2D eigenvalue weighted by atomic mass is 10.2. The van der Waals surface area contributed by atoms with Gasteiger partial charge in [-0.15, -0.1) is 6.58 Å². The molecule has 2 N–H and O–H groups in total. The number of amides is 1. The van der Waals surface area contributed by atoms with Crippen LogP contribution in [0.25, 0.3) is 0 Å². The molecule has 152 valence electrons. The summed E-state index contributed by atoms with van der Waals surface area (Å²) in [5.41, 5.74) is 0.958. The first-order valence-corrected chi connectivity index (χ1v) is 9.74. The summed E-state index contributed by atoms with van der Waals surface area (Å²) in [5.74, 6) is 0.912. The number of rotatable bonds is 9. The highest BCUT2D eigenvalue weighted by Crippen LogP contribution is 2.13. The third-order valence-corrected chi connectivity index (χ3v) is 4.55. The number of hydrogen-bond acceptors (Lipinski definition) is 4. The summed E-state index contributed by atoms with van der Waals surface area (Å²) < 4.78 is 0. The topological polar surface area (TPSA) is 99.9 Å². The molecule has 1 aromatic rings. The van der Waals surface area contributed by atoms with Gasteiger partial charge in [0.25, 0.3) is 5.69 Å². The standard InChI is InChI=1S/C20H29N5O3/c1-2-12-21-20(23-16-17-8-10-18(11-9-17)25(27)28)22-13-6-15-24-14-5-3-4-7-19(24)26/h2,8-11H,1,3-7,12-16H2,(H2,21,22,23). The largest absolute Gasteiger partial charge is 0.356 e. The van der Waals surface area contributed by atoms with Gasteiger partial charge in [0.2, 0.25) is 5.91 Å². The molecule has 0 aromatic heterocycles. The van der Waals surface area contributed by atoms with Crippen LogP contribution in [-0.4, -0.2) is 47.9 Å². The summed E-state index contributed by atoms with van der Waals surface area (Å²) in [6.07, 6.45) is 6.47. The Hall–Kier alpha value is -2.90. The van der Waals surface area contributed by atoms with Gasteiger partial charge in [0.05, 0.1) is 11.5 Å². The van der Waals surface area contributed by atoms with Crippen LogP contribution in [0.4, 0.5) is 5.69 Å². The van der Waals surface area contributed by atoms with Crippen LogP contribution in [0.1, 0.15) is 37.7 Å². The summed E-state index contributed by atoms with van der Waals surface area (Å²) in [4.78, 5) is 28.8. The predicted octanol–water partition coefficient (Wildman–Crippen LogP) is 2.61. The van der Waals surface area contributed by atoms with Crippen LogP contribution < -0.4 is 10.6 Å². The number of non-ortho nitro benzene ring substituents is 1. The number of aliphatic imine (C=N–C) groups is 1. The van der Waals surface area contributed by atoms with Gasteiger partial charge in [-0.05, 0) is 24.8 Å². The van der Waals surface area contributed by atoms with Crippen molar-refractivity contribution in [3.05, 3.63) is 52.6 Å². The lowest BCUT2D eigenvalue weighted by Gasteiger charge is -2.20. The van der Waals surface area contributed by atoms with E-state index in [-0.39, 0.29) is 11.6 Å². The Morgan fingerprint density at radius 3 is 2.75 bits per heavy atom. The van der Waals surface area contributed by atoms with Crippen molar-refractivity contribution >= 4 is 17.6 Å². The Kier molecular flexibility index (Phi) is 8.97. The second-order valence-electron chi connectivity index (χ2n) is 6.73. The number of nitrogens with one attached hydrogen (secondary N) is 2. The third kappa shape index (κ3) is 7.38. The normalized spacial score (nSPS) is 15.1. The molecule has 0 saturated carbocycles. The number of hydrogen-bond donors (Lipinski definition) is 2. The van der Waals surface area contributed by atoms with Crippen molar-refractivity contribution in [2.75, 3.05) is 26.2 Å². The minimum Gasteiger partial charge on any atom is -0.356 e. The van der Waals surface area contributed by atoms with E-state index >= 15 is 0 Å². The Morgan fingerprint density at radius 1 is 1.25 bits per heavy atom. The molecule has 0 radical (unpaired) electrons. The van der Waals surface area contributed by atoms with E-state index in [9.17, 15) is 14.9 Å². The summed E-state index contributed by atoms with van der Waals surface area (Å²) >= 11 is 0. The Balaban J connectivity index is 1.82. The third-order valence-electron chi connectivity index (χ3n) is 4.55. The van der Waals surface area contributed by atoms with Crippen LogP contribution >= 0.6 is 0 Å². The van der Waals surface area contributed by atoms with E-state index in [1.54, 1.807) is 18.2 Å². The van der Waals surface area contributed by atoms with Gasteiger partial charge in [-0.2, -0.15) is 0 Å². The summed E-state index contributed by atoms with van der Waals surface area (Å²) in [5, 5.41) is 17.1. The minimum absolute atomic E-state index is 0.0684. The first kappa shape index (κ1) is 21.4. The molecule has 1 saturated heterocycles. The average molecular weight is 387 g/mol. The molecule has 0 spiro atoms. The van der Waals surface area contributed by atoms with E-state index in [1.807, 2.05) is 4.90 Å². The Labute approximate surface area is 165 Å². The SMILES string of the molecule is C=CCNC(=NCc1ccc([N+](=O)[O-])cc1)NCCCN1CCCCCC1=O. The number of carbonyl (C=O) groups excluding carboxylic acids is 1. The number of likely N-dealkylation sites (tertiary alicyclic amines) is 1. The van der Waals surface area contributed by atoms with Gasteiger partial charge in [0, 0.05) is 44.7 Å². The lowest BCUT2D eigenvalue weighted by Crippen LogP contribution is -2.39. The Bertz CT molecular complexity index is 688. The number of carbonyl (C=O) groups is 1. The van der Waals surface area contributed by atoms with Gasteiger partial charge in [-0.3, -0.25) is 14.9 Å². The fourth-order valence-corrected chi connectivity index (χ4v) is 2.99. The van der Waals surface area contributed by atoms with Crippen LogP contribution in [0.2, 0.25) is 0 Å². The van der Waals surface area contributed by atoms with Crippen molar-refractivity contribution in [3.63, 3.8) is 0 Å². The van der Waals surface area contributed by atoms with Crippen molar-refractivity contribution in [3.8, 4) is 0 Å². The molecule has 0 aliphatic carbocycles. The maximum Gasteiger partial charge on any atom is 0.269 e. The molecule has 1 amide bonds. The highest BCUT2D eigenvalue weighted by atomic mass is 16.6. The maximum atomic E-state index is 12.0. The molecule has 1 aromatic carbocycles. The van der Waals surface area contributed by atoms with E-state index < -0.39 is 4.92 Å². The van der Waals surface area contributed by atoms with Crippen LogP contribution in [0.15, 0.2) is 41.9 Å². The van der Waals surface area contributed by atoms with Crippen LogP contribution in [0.5, 0.6) is 0 Å². The molecule has 0 atom stereocenters. The average Bonchev–Trinajstić information content (AvgIpc) is 2.91. The van der Waals surface area contributed by atoms with E-state index in [1.165, 1.54) is 12.1 Å². The minimum atomic E-state index is -0.416. The molecule has 0 unspecified atom stereocenters. The van der Waals surface area contributed by atoms with E-state index in [2.05, 4.69) is 22.2 Å². The second kappa shape index (κ2) is 11.7. The Morgan fingerprint density at radius 2 is 2.04 bits per heavy atom. The van der Waals surface area contributed by atoms with Gasteiger partial charge < -0.3 is 15.5 Å². The van der Waals surface area contributed by atoms with Crippen LogP contribution in [0, 0.1) is 10.1 Å². The number of guanidine groups is 1. The quantitative estimate of drug-likeness (QED) is 0.169. The highest BCUT2D eigenvalue weighted by molar-refractivity contribution is 5.80. The van der Waals surface area contributed by atoms with Gasteiger partial charge >= 0.3 is 0 Å². The summed E-state index contributed by atoms with van der Waals surface area (Å²) in [7, 11) is 0. The summed E-state index contributed by atoms with van der Waals surface area (Å²) in [6.45, 7) is 7.00. The number of nitro benzene ring substituents is 1. The smallest absolute Gasteiger partial charge is 0.269 e. The fourth-order valence-electron chi connectivity index (χ4n) is 2.99. The number of nitro groups is 1. The van der Waals surface area contributed by atoms with Crippen LogP contribution in [-0.2, 0) is 11.3 Å². The predicted molar refractivity (Wildman–Crippen MR) is 110 cm³/mol. The maximum absolute atomic E-state index is 12.0. The van der Waals surface area contributed by atoms with Crippen molar-refractivity contribution in [2.45, 2.75) is 38.6 Å². The van der Waals surface area contributed by atoms with Crippen molar-refractivity contribution in [2.24, 2.45) is 4.99 Å². The first-order valence-electron chi connectivity index (χ1n) is 9.74. The number of nitrogens with zero attached hydrogens (tertiary/aromatic N) is 3. The fraction of sp³-hybridized carbons (Fsp3) is 0.500. The zero-order valence-corrected chi connectivity index (χ0v) is 16.2. The summed E-state index contributed by atoms with van der Waals surface area (Å²) in [6, 6.07) is 6.37. The molecule has 2 rings (SSSR count). The molecule has 1 aliphatic heterocycles. The van der Waals surface area contributed by atoms with Gasteiger partial charge in [0.15, 0.2) is 5.96 Å². The monoisotopic (exact) mass is 387 g/mol. The zero-order chi connectivity index (χ0) is 20.2. The van der Waals surface area contributed by atoms with Gasteiger partial charge in [-0.25, -0.2) is 4.99 Å². The molecule has 28 heavy (non-hydrogen) atoms. The molecule has 1 fully saturated rings. The second-order valence-corrected chi connectivity index (χ2v) is 6.73. The van der Waals surface area contributed by atoms with Crippen molar-refractivity contribution in [1.82, 2.24) is 15.5 Å². The van der Waals surface area contributed by atoms with Crippen molar-refractivity contribution in [1.29, 1.82) is 0 Å². The highest BCUT2D eigenvalue weighted by Gasteiger charge is 2.15. The molecule has 8 nitrogen and oxygen atoms in total. The van der Waals surface area contributed by atoms with E-state index in [4.69, 9.17) is 0 Å². The molecule has 1 aliphatic rings. The molecule has 0 bridgehead atoms. The van der Waals surface area contributed by atoms with Crippen LogP contribution in [0.3, 0.4) is 0 Å². The lowest BCUT2D eigenvalue weighted by molar-refractivity contribution is -0.384. The van der Waals surface area contributed by atoms with Gasteiger partial charge in [-0.1, -0.05) is 24.6 Å². The van der Waals surface area contributed by atoms with Gasteiger partial charge in [0.1, 0.15) is 0 Å². The molecule has 1 heterocycles. The van der Waals surface area contributed by atoms with E-state index in [0.29, 0.717) is 32.0 Å². The van der Waals surface area contributed by atoms with Crippen molar-refractivity contribution < 1.29 is 9.72 Å².